The molecule has 0 aliphatic heterocycles. The van der Waals surface area contributed by atoms with E-state index in [0.717, 1.165) is 18.6 Å². The predicted octanol–water partition coefficient (Wildman–Crippen LogP) is 3.29. The Hall–Kier alpha value is -4.08. The number of nitrogens with two attached hydrogens (primary N) is 1. The van der Waals surface area contributed by atoms with Gasteiger partial charge in [-0.05, 0) is 49.5 Å². The van der Waals surface area contributed by atoms with Crippen LogP contribution >= 0.6 is 0 Å². The molecule has 0 saturated carbocycles. The lowest BCUT2D eigenvalue weighted by molar-refractivity contribution is -0.104. The number of para-hydroxylation sites is 1. The highest BCUT2D eigenvalue weighted by Gasteiger charge is 2.16. The number of rotatable bonds is 11. The summed E-state index contributed by atoms with van der Waals surface area (Å²) >= 11 is 0. The number of aromatic nitrogens is 2. The highest BCUT2D eigenvalue weighted by Crippen LogP contribution is 2.25. The zero-order chi connectivity index (χ0) is 24.6. The molecule has 1 heterocycles. The van der Waals surface area contributed by atoms with E-state index in [1.807, 2.05) is 61.6 Å². The van der Waals surface area contributed by atoms with Gasteiger partial charge in [0, 0.05) is 25.8 Å². The fraction of sp³-hybridized carbons (Fsp3) is 0.200. The third-order valence-corrected chi connectivity index (χ3v) is 4.39. The molecule has 0 aliphatic rings. The zero-order valence-corrected chi connectivity index (χ0v) is 19.3. The Balaban J connectivity index is 0.000000509. The van der Waals surface area contributed by atoms with Gasteiger partial charge in [0.15, 0.2) is 0 Å². The number of ether oxygens (including phenoxy) is 2. The molecule has 34 heavy (non-hydrogen) atoms. The lowest BCUT2D eigenvalue weighted by atomic mass is 10.0. The lowest BCUT2D eigenvalue weighted by Crippen LogP contribution is -2.20. The van der Waals surface area contributed by atoms with Gasteiger partial charge in [-0.2, -0.15) is 0 Å². The summed E-state index contributed by atoms with van der Waals surface area (Å²) in [5, 5.41) is 14.8. The molecule has 1 aromatic heterocycles. The van der Waals surface area contributed by atoms with E-state index < -0.39 is 0 Å². The number of hydrogen-bond acceptors (Lipinski definition) is 9. The number of carbonyl (C=O) groups excluding carboxylic acids is 1. The van der Waals surface area contributed by atoms with Crippen molar-refractivity contribution in [2.75, 3.05) is 44.9 Å². The molecule has 0 fully saturated rings. The molecule has 0 radical (unpaired) electrons. The summed E-state index contributed by atoms with van der Waals surface area (Å²) in [6.45, 7) is 1.94. The van der Waals surface area contributed by atoms with Crippen LogP contribution in [0.3, 0.4) is 0 Å². The van der Waals surface area contributed by atoms with Crippen LogP contribution in [-0.4, -0.2) is 55.8 Å². The molecule has 9 heteroatoms. The molecule has 0 aliphatic carbocycles. The highest BCUT2D eigenvalue weighted by atomic mass is 16.5. The highest BCUT2D eigenvalue weighted by molar-refractivity contribution is 6.16. The van der Waals surface area contributed by atoms with Crippen molar-refractivity contribution in [3.63, 3.8) is 0 Å². The molecule has 178 valence electrons. The number of allylic oxidation sites excluding steroid dienone is 1. The number of hydrogen-bond donors (Lipinski definition) is 4. The molecule has 0 amide bonds. The van der Waals surface area contributed by atoms with E-state index in [-0.39, 0.29) is 11.5 Å². The molecule has 0 unspecified atom stereocenters. The summed E-state index contributed by atoms with van der Waals surface area (Å²) < 4.78 is 10.4. The van der Waals surface area contributed by atoms with E-state index in [4.69, 9.17) is 15.9 Å². The Bertz CT molecular complexity index is 1060. The molecule has 0 atom stereocenters. The molecular weight excluding hydrogens is 432 g/mol. The minimum atomic E-state index is 0.256. The Morgan fingerprint density at radius 3 is 2.41 bits per heavy atom. The van der Waals surface area contributed by atoms with Gasteiger partial charge in [-0.3, -0.25) is 10.2 Å². The van der Waals surface area contributed by atoms with Gasteiger partial charge in [0.05, 0.1) is 17.9 Å². The second-order valence-corrected chi connectivity index (χ2v) is 6.85. The summed E-state index contributed by atoms with van der Waals surface area (Å²) in [5.74, 6) is 2.28. The minimum Gasteiger partial charge on any atom is -0.457 e. The van der Waals surface area contributed by atoms with E-state index in [9.17, 15) is 4.79 Å². The summed E-state index contributed by atoms with van der Waals surface area (Å²) in [5.41, 5.74) is 7.47. The van der Waals surface area contributed by atoms with Gasteiger partial charge >= 0.3 is 0 Å². The van der Waals surface area contributed by atoms with Crippen molar-refractivity contribution in [1.82, 2.24) is 15.3 Å². The Morgan fingerprint density at radius 2 is 1.76 bits per heavy atom. The molecule has 3 aromatic rings. The van der Waals surface area contributed by atoms with E-state index in [1.54, 1.807) is 13.2 Å². The van der Waals surface area contributed by atoms with Crippen molar-refractivity contribution in [2.24, 2.45) is 0 Å². The van der Waals surface area contributed by atoms with Gasteiger partial charge in [0.25, 0.3) is 0 Å². The van der Waals surface area contributed by atoms with Crippen LogP contribution in [0.15, 0.2) is 73.1 Å². The molecule has 0 spiro atoms. The molecular formula is C25H30N6O3. The fourth-order valence-electron chi connectivity index (χ4n) is 2.75. The Kier molecular flexibility index (Phi) is 11.5. The first-order valence-electron chi connectivity index (χ1n) is 10.6. The first-order valence-corrected chi connectivity index (χ1v) is 10.6. The Labute approximate surface area is 199 Å². The smallest absolute Gasteiger partial charge is 0.142 e. The van der Waals surface area contributed by atoms with Crippen molar-refractivity contribution in [3.05, 3.63) is 84.2 Å². The number of nitrogens with zero attached hydrogens (tertiary/aromatic N) is 2. The van der Waals surface area contributed by atoms with Crippen LogP contribution in [0.4, 0.5) is 11.6 Å². The SMILES string of the molecule is CNCCNc1ncnc(N)c1C(=N)c1ccc(Oc2ccccc2)cc1.COC/C=C/C=O. The summed E-state index contributed by atoms with van der Waals surface area (Å²) in [7, 11) is 3.45. The summed E-state index contributed by atoms with van der Waals surface area (Å²) in [4.78, 5) is 17.8. The van der Waals surface area contributed by atoms with Gasteiger partial charge in [0.1, 0.15) is 35.7 Å². The van der Waals surface area contributed by atoms with Crippen LogP contribution in [0.25, 0.3) is 0 Å². The van der Waals surface area contributed by atoms with Crippen molar-refractivity contribution < 1.29 is 14.3 Å². The standard InChI is InChI=1S/C20H22N6O.C5H8O2/c1-23-11-12-24-20-17(19(22)25-13-26-20)18(21)14-7-9-16(10-8-14)27-15-5-3-2-4-6-15;1-7-5-3-2-4-6/h2-10,13,21,23H,11-12H2,1H3,(H3,22,24,25,26);2-4H,5H2,1H3/b;3-2+. The third kappa shape index (κ3) is 8.45. The van der Waals surface area contributed by atoms with Crippen molar-refractivity contribution in [3.8, 4) is 11.5 Å². The number of anilines is 2. The monoisotopic (exact) mass is 462 g/mol. The van der Waals surface area contributed by atoms with Gasteiger partial charge in [-0.1, -0.05) is 24.3 Å². The fourth-order valence-corrected chi connectivity index (χ4v) is 2.75. The second kappa shape index (κ2) is 14.9. The second-order valence-electron chi connectivity index (χ2n) is 6.85. The van der Waals surface area contributed by atoms with Crippen LogP contribution in [0.5, 0.6) is 11.5 Å². The average Bonchev–Trinajstić information content (AvgIpc) is 2.86. The maximum Gasteiger partial charge on any atom is 0.142 e. The van der Waals surface area contributed by atoms with Crippen molar-refractivity contribution >= 4 is 23.6 Å². The van der Waals surface area contributed by atoms with Gasteiger partial charge in [0.2, 0.25) is 0 Å². The van der Waals surface area contributed by atoms with Crippen molar-refractivity contribution in [1.29, 1.82) is 5.41 Å². The number of methoxy groups -OCH3 is 1. The topological polar surface area (TPSA) is 135 Å². The molecule has 2 aromatic carbocycles. The van der Waals surface area contributed by atoms with Crippen LogP contribution in [0.2, 0.25) is 0 Å². The van der Waals surface area contributed by atoms with Gasteiger partial charge < -0.3 is 25.8 Å². The molecule has 0 bridgehead atoms. The first kappa shape index (κ1) is 26.2. The lowest BCUT2D eigenvalue weighted by Gasteiger charge is -2.14. The maximum absolute atomic E-state index is 9.54. The van der Waals surface area contributed by atoms with E-state index in [1.165, 1.54) is 12.4 Å². The number of nitrogen functional groups attached to an aromatic ring is 1. The quantitative estimate of drug-likeness (QED) is 0.148. The summed E-state index contributed by atoms with van der Waals surface area (Å²) in [6.07, 6.45) is 5.17. The van der Waals surface area contributed by atoms with Crippen LogP contribution in [-0.2, 0) is 9.53 Å². The molecule has 5 N–H and O–H groups in total. The normalized spacial score (nSPS) is 10.3. The van der Waals surface area contributed by atoms with Crippen molar-refractivity contribution in [2.45, 2.75) is 0 Å². The minimum absolute atomic E-state index is 0.256. The van der Waals surface area contributed by atoms with Gasteiger partial charge in [-0.15, -0.1) is 0 Å². The Morgan fingerprint density at radius 1 is 1.06 bits per heavy atom. The predicted molar refractivity (Wildman–Crippen MR) is 135 cm³/mol. The maximum atomic E-state index is 9.54. The number of benzene rings is 2. The molecule has 9 nitrogen and oxygen atoms in total. The van der Waals surface area contributed by atoms with Crippen LogP contribution in [0, 0.1) is 5.41 Å². The number of likely N-dealkylation sites (N-methyl/N-ethyl adjacent to an activating group) is 1. The zero-order valence-electron chi connectivity index (χ0n) is 19.3. The van der Waals surface area contributed by atoms with Crippen LogP contribution < -0.4 is 21.1 Å². The average molecular weight is 463 g/mol. The number of carbonyl (C=O) groups is 1. The van der Waals surface area contributed by atoms with E-state index in [2.05, 4.69) is 25.3 Å². The van der Waals surface area contributed by atoms with E-state index in [0.29, 0.717) is 35.8 Å². The third-order valence-electron chi connectivity index (χ3n) is 4.39. The number of nitrogens with one attached hydrogen (secondary N) is 3. The molecule has 0 saturated heterocycles. The van der Waals surface area contributed by atoms with Crippen LogP contribution in [0.1, 0.15) is 11.1 Å². The molecule has 3 rings (SSSR count). The summed E-state index contributed by atoms with van der Waals surface area (Å²) in [6, 6.07) is 16.8. The van der Waals surface area contributed by atoms with Gasteiger partial charge in [-0.25, -0.2) is 9.97 Å². The largest absolute Gasteiger partial charge is 0.457 e. The first-order chi connectivity index (χ1) is 16.6. The van der Waals surface area contributed by atoms with E-state index >= 15 is 0 Å². The number of aldehydes is 1.